The summed E-state index contributed by atoms with van der Waals surface area (Å²) in [6.45, 7) is 0.978. The van der Waals surface area contributed by atoms with Crippen LogP contribution in [0.15, 0.2) is 60.7 Å². The molecule has 0 amide bonds. The maximum Gasteiger partial charge on any atom is 0.307 e. The lowest BCUT2D eigenvalue weighted by atomic mass is 9.96. The fraction of sp³-hybridized carbons (Fsp3) is 0.231. The van der Waals surface area contributed by atoms with Crippen molar-refractivity contribution in [2.45, 2.75) is 19.4 Å². The van der Waals surface area contributed by atoms with E-state index in [9.17, 15) is 9.59 Å². The first-order chi connectivity index (χ1) is 16.3. The summed E-state index contributed by atoms with van der Waals surface area (Å²) in [5, 5.41) is 13.5. The van der Waals surface area contributed by atoms with Crippen molar-refractivity contribution in [3.8, 4) is 22.6 Å². The minimum Gasteiger partial charge on any atom is -0.497 e. The molecule has 0 saturated carbocycles. The minimum absolute atomic E-state index is 0.00797. The largest absolute Gasteiger partial charge is 0.497 e. The van der Waals surface area contributed by atoms with Crippen molar-refractivity contribution in [3.05, 3.63) is 81.8 Å². The van der Waals surface area contributed by atoms with E-state index in [0.717, 1.165) is 16.7 Å². The number of ketones is 1. The Hall–Kier alpha value is -3.06. The fourth-order valence-corrected chi connectivity index (χ4v) is 3.79. The molecule has 178 valence electrons. The number of hydrogen-bond acceptors (Lipinski definition) is 5. The van der Waals surface area contributed by atoms with E-state index >= 15 is 0 Å². The van der Waals surface area contributed by atoms with Crippen molar-refractivity contribution in [3.63, 3.8) is 0 Å². The van der Waals surface area contributed by atoms with Crippen molar-refractivity contribution in [1.82, 2.24) is 5.32 Å². The third-order valence-corrected chi connectivity index (χ3v) is 5.52. The van der Waals surface area contributed by atoms with E-state index in [1.165, 1.54) is 0 Å². The van der Waals surface area contributed by atoms with Gasteiger partial charge in [0.1, 0.15) is 18.1 Å². The van der Waals surface area contributed by atoms with Gasteiger partial charge in [-0.1, -0.05) is 35.3 Å². The summed E-state index contributed by atoms with van der Waals surface area (Å²) in [7, 11) is 1.59. The van der Waals surface area contributed by atoms with Crippen LogP contribution in [0, 0.1) is 0 Å². The number of methoxy groups -OCH3 is 1. The van der Waals surface area contributed by atoms with Gasteiger partial charge in [-0.15, -0.1) is 0 Å². The molecule has 2 N–H and O–H groups in total. The molecular formula is C26H25Cl2NO5. The molecule has 0 unspecified atom stereocenters. The van der Waals surface area contributed by atoms with Gasteiger partial charge in [-0.25, -0.2) is 0 Å². The summed E-state index contributed by atoms with van der Waals surface area (Å²) in [4.78, 5) is 23.3. The zero-order valence-corrected chi connectivity index (χ0v) is 20.2. The predicted octanol–water partition coefficient (Wildman–Crippen LogP) is 5.42. The van der Waals surface area contributed by atoms with Crippen molar-refractivity contribution in [2.24, 2.45) is 0 Å². The molecule has 0 atom stereocenters. The zero-order chi connectivity index (χ0) is 24.5. The molecule has 0 aliphatic carbocycles. The van der Waals surface area contributed by atoms with E-state index in [0.29, 0.717) is 46.6 Å². The number of Topliss-reactive ketones (excluding diaryl/α,β-unsaturated/α-hetero) is 1. The predicted molar refractivity (Wildman–Crippen MR) is 133 cm³/mol. The molecule has 0 saturated heterocycles. The van der Waals surface area contributed by atoms with E-state index in [4.69, 9.17) is 37.8 Å². The van der Waals surface area contributed by atoms with Gasteiger partial charge in [-0.3, -0.25) is 9.59 Å². The quantitative estimate of drug-likeness (QED) is 0.322. The number of halogens is 2. The fourth-order valence-electron chi connectivity index (χ4n) is 3.41. The molecule has 34 heavy (non-hydrogen) atoms. The summed E-state index contributed by atoms with van der Waals surface area (Å²) in [6, 6.07) is 17.8. The number of ether oxygens (including phenoxy) is 2. The van der Waals surface area contributed by atoms with Gasteiger partial charge in [0.05, 0.1) is 13.5 Å². The number of carboxylic acid groups (broad SMARTS) is 1. The van der Waals surface area contributed by atoms with Crippen LogP contribution in [0.4, 0.5) is 0 Å². The Balaban J connectivity index is 1.62. The average Bonchev–Trinajstić information content (AvgIpc) is 2.80. The lowest BCUT2D eigenvalue weighted by Crippen LogP contribution is -2.21. The number of carbonyl (C=O) groups is 2. The molecule has 3 rings (SSSR count). The van der Waals surface area contributed by atoms with Gasteiger partial charge in [0, 0.05) is 29.6 Å². The monoisotopic (exact) mass is 501 g/mol. The van der Waals surface area contributed by atoms with Crippen LogP contribution in [0.1, 0.15) is 17.5 Å². The third-order valence-electron chi connectivity index (χ3n) is 5.05. The molecule has 0 spiro atoms. The number of carbonyl (C=O) groups excluding carboxylic acids is 1. The SMILES string of the molecule is COc1ccc(CNCCC(=O)COc2ccc(Cl)cc2)c(-c2cc(Cl)cc(CC(=O)O)c2)c1. The third kappa shape index (κ3) is 7.76. The summed E-state index contributed by atoms with van der Waals surface area (Å²) in [5.74, 6) is 0.321. The number of hydrogen-bond donors (Lipinski definition) is 2. The topological polar surface area (TPSA) is 84.9 Å². The second-order valence-corrected chi connectivity index (χ2v) is 8.52. The van der Waals surface area contributed by atoms with E-state index in [-0.39, 0.29) is 18.8 Å². The van der Waals surface area contributed by atoms with E-state index in [1.807, 2.05) is 24.3 Å². The lowest BCUT2D eigenvalue weighted by Gasteiger charge is -2.14. The van der Waals surface area contributed by atoms with Gasteiger partial charge in [-0.05, 0) is 70.8 Å². The number of benzene rings is 3. The highest BCUT2D eigenvalue weighted by Gasteiger charge is 2.11. The van der Waals surface area contributed by atoms with E-state index < -0.39 is 5.97 Å². The number of carboxylic acids is 1. The first kappa shape index (κ1) is 25.6. The standard InChI is InChI=1S/C26H25Cl2NO5/c1-33-24-5-2-18(25(14-24)19-10-17(12-26(31)32)11-21(28)13-19)15-29-9-8-22(30)16-34-23-6-3-20(27)4-7-23/h2-7,10-11,13-14,29H,8-9,12,15-16H2,1H3,(H,31,32). The molecule has 0 heterocycles. The zero-order valence-electron chi connectivity index (χ0n) is 18.6. The van der Waals surface area contributed by atoms with Gasteiger partial charge < -0.3 is 19.9 Å². The Labute approximate surface area is 208 Å². The highest BCUT2D eigenvalue weighted by atomic mass is 35.5. The van der Waals surface area contributed by atoms with Gasteiger partial charge in [0.25, 0.3) is 0 Å². The van der Waals surface area contributed by atoms with Crippen LogP contribution in [-0.2, 0) is 22.6 Å². The molecule has 0 aliphatic heterocycles. The summed E-state index contributed by atoms with van der Waals surface area (Å²) < 4.78 is 10.9. The second kappa shape index (κ2) is 12.4. The molecule has 0 fully saturated rings. The van der Waals surface area contributed by atoms with Crippen LogP contribution >= 0.6 is 23.2 Å². The Morgan fingerprint density at radius 1 is 0.941 bits per heavy atom. The summed E-state index contributed by atoms with van der Waals surface area (Å²) in [6.07, 6.45) is 0.199. The van der Waals surface area contributed by atoms with Crippen LogP contribution in [0.25, 0.3) is 11.1 Å². The molecule has 0 aliphatic rings. The normalized spacial score (nSPS) is 10.7. The summed E-state index contributed by atoms with van der Waals surface area (Å²) >= 11 is 12.1. The van der Waals surface area contributed by atoms with Crippen molar-refractivity contribution in [2.75, 3.05) is 20.3 Å². The van der Waals surface area contributed by atoms with Gasteiger partial charge in [0.2, 0.25) is 0 Å². The van der Waals surface area contributed by atoms with Crippen molar-refractivity contribution >= 4 is 35.0 Å². The highest BCUT2D eigenvalue weighted by Crippen LogP contribution is 2.31. The van der Waals surface area contributed by atoms with Crippen LogP contribution in [0.5, 0.6) is 11.5 Å². The maximum absolute atomic E-state index is 12.2. The minimum atomic E-state index is -0.926. The molecule has 0 radical (unpaired) electrons. The molecule has 6 nitrogen and oxygen atoms in total. The van der Waals surface area contributed by atoms with Crippen LogP contribution < -0.4 is 14.8 Å². The Morgan fingerprint density at radius 2 is 1.68 bits per heavy atom. The Morgan fingerprint density at radius 3 is 2.38 bits per heavy atom. The maximum atomic E-state index is 12.2. The van der Waals surface area contributed by atoms with Crippen LogP contribution in [0.2, 0.25) is 10.0 Å². The van der Waals surface area contributed by atoms with E-state index in [2.05, 4.69) is 5.32 Å². The van der Waals surface area contributed by atoms with E-state index in [1.54, 1.807) is 43.5 Å². The number of nitrogens with one attached hydrogen (secondary N) is 1. The molecule has 3 aromatic carbocycles. The molecule has 8 heteroatoms. The lowest BCUT2D eigenvalue weighted by molar-refractivity contribution is -0.136. The van der Waals surface area contributed by atoms with Crippen molar-refractivity contribution in [1.29, 1.82) is 0 Å². The first-order valence-corrected chi connectivity index (χ1v) is 11.4. The molecule has 0 bridgehead atoms. The second-order valence-electron chi connectivity index (χ2n) is 7.65. The number of rotatable bonds is 12. The summed E-state index contributed by atoms with van der Waals surface area (Å²) in [5.41, 5.74) is 3.25. The molecular weight excluding hydrogens is 477 g/mol. The average molecular weight is 502 g/mol. The smallest absolute Gasteiger partial charge is 0.307 e. The van der Waals surface area contributed by atoms with Gasteiger partial charge >= 0.3 is 5.97 Å². The Kier molecular flexibility index (Phi) is 9.33. The number of aliphatic carboxylic acids is 1. The molecule has 3 aromatic rings. The highest BCUT2D eigenvalue weighted by molar-refractivity contribution is 6.31. The molecule has 0 aromatic heterocycles. The Bertz CT molecular complexity index is 1150. The van der Waals surface area contributed by atoms with Crippen LogP contribution in [0.3, 0.4) is 0 Å². The van der Waals surface area contributed by atoms with Gasteiger partial charge in [-0.2, -0.15) is 0 Å². The van der Waals surface area contributed by atoms with Crippen molar-refractivity contribution < 1.29 is 24.2 Å². The first-order valence-electron chi connectivity index (χ1n) is 10.6. The van der Waals surface area contributed by atoms with Crippen LogP contribution in [-0.4, -0.2) is 37.1 Å². The van der Waals surface area contributed by atoms with Gasteiger partial charge in [0.15, 0.2) is 5.78 Å².